The monoisotopic (exact) mass is 234 g/mol. The fraction of sp³-hybridized carbons (Fsp3) is 0.250. The molecular weight excluding hydrogens is 220 g/mol. The Morgan fingerprint density at radius 3 is 2.62 bits per heavy atom. The van der Waals surface area contributed by atoms with Crippen molar-refractivity contribution in [2.45, 2.75) is 13.5 Å². The number of thiazole rings is 1. The number of nitrogens with zero attached hydrogens (tertiary/aromatic N) is 1. The fourth-order valence-electron chi connectivity index (χ4n) is 1.40. The Morgan fingerprint density at radius 1 is 1.31 bits per heavy atom. The Kier molecular flexibility index (Phi) is 3.54. The molecule has 4 heteroatoms. The summed E-state index contributed by atoms with van der Waals surface area (Å²) in [6.07, 6.45) is 1.83. The summed E-state index contributed by atoms with van der Waals surface area (Å²) < 4.78 is 5.39. The molecule has 0 fully saturated rings. The van der Waals surface area contributed by atoms with Crippen molar-refractivity contribution in [3.8, 4) is 16.3 Å². The highest BCUT2D eigenvalue weighted by molar-refractivity contribution is 7.15. The predicted octanol–water partition coefficient (Wildman–Crippen LogP) is 2.67. The first-order valence-electron chi connectivity index (χ1n) is 5.21. The Bertz CT molecular complexity index is 450. The van der Waals surface area contributed by atoms with Gasteiger partial charge in [0.1, 0.15) is 10.8 Å². The van der Waals surface area contributed by atoms with E-state index in [1.165, 1.54) is 0 Å². The van der Waals surface area contributed by atoms with Crippen LogP contribution in [-0.4, -0.2) is 11.6 Å². The largest absolute Gasteiger partial charge is 0.494 e. The molecule has 2 N–H and O–H groups in total. The molecule has 16 heavy (non-hydrogen) atoms. The molecule has 0 amide bonds. The lowest BCUT2D eigenvalue weighted by atomic mass is 10.2. The van der Waals surface area contributed by atoms with Gasteiger partial charge in [-0.1, -0.05) is 0 Å². The second kappa shape index (κ2) is 5.09. The summed E-state index contributed by atoms with van der Waals surface area (Å²) in [4.78, 5) is 5.43. The number of hydrogen-bond donors (Lipinski definition) is 1. The van der Waals surface area contributed by atoms with E-state index < -0.39 is 0 Å². The van der Waals surface area contributed by atoms with E-state index in [1.807, 2.05) is 37.4 Å². The molecule has 0 aliphatic carbocycles. The van der Waals surface area contributed by atoms with Crippen LogP contribution in [0.4, 0.5) is 0 Å². The summed E-state index contributed by atoms with van der Waals surface area (Å²) in [5.74, 6) is 0.891. The van der Waals surface area contributed by atoms with E-state index in [0.29, 0.717) is 13.2 Å². The van der Waals surface area contributed by atoms with Crippen LogP contribution in [-0.2, 0) is 6.54 Å². The lowest BCUT2D eigenvalue weighted by molar-refractivity contribution is 0.340. The number of ether oxygens (including phenoxy) is 1. The lowest BCUT2D eigenvalue weighted by Crippen LogP contribution is -1.91. The summed E-state index contributed by atoms with van der Waals surface area (Å²) in [5, 5.41) is 1.00. The first-order valence-corrected chi connectivity index (χ1v) is 6.03. The van der Waals surface area contributed by atoms with Crippen LogP contribution in [0.1, 0.15) is 11.8 Å². The molecule has 0 spiro atoms. The highest BCUT2D eigenvalue weighted by Crippen LogP contribution is 2.26. The van der Waals surface area contributed by atoms with Gasteiger partial charge in [0.2, 0.25) is 0 Å². The maximum atomic E-state index is 5.56. The standard InChI is InChI=1S/C12H14N2OS/c1-2-15-10-5-3-9(4-6-10)12-14-8-11(7-13)16-12/h3-6,8H,2,7,13H2,1H3. The van der Waals surface area contributed by atoms with Crippen molar-refractivity contribution in [1.82, 2.24) is 4.98 Å². The van der Waals surface area contributed by atoms with E-state index in [1.54, 1.807) is 11.3 Å². The molecule has 0 aliphatic heterocycles. The van der Waals surface area contributed by atoms with E-state index in [4.69, 9.17) is 10.5 Å². The molecular formula is C12H14N2OS. The van der Waals surface area contributed by atoms with Gasteiger partial charge in [-0.2, -0.15) is 0 Å². The van der Waals surface area contributed by atoms with Gasteiger partial charge in [-0.25, -0.2) is 4.98 Å². The molecule has 0 unspecified atom stereocenters. The zero-order valence-corrected chi connectivity index (χ0v) is 9.96. The minimum atomic E-state index is 0.550. The van der Waals surface area contributed by atoms with E-state index in [0.717, 1.165) is 21.2 Å². The number of aromatic nitrogens is 1. The van der Waals surface area contributed by atoms with E-state index >= 15 is 0 Å². The number of hydrogen-bond acceptors (Lipinski definition) is 4. The maximum Gasteiger partial charge on any atom is 0.123 e. The molecule has 0 saturated carbocycles. The molecule has 0 atom stereocenters. The van der Waals surface area contributed by atoms with Crippen LogP contribution >= 0.6 is 11.3 Å². The molecule has 2 rings (SSSR count). The Morgan fingerprint density at radius 2 is 2.06 bits per heavy atom. The number of benzene rings is 1. The smallest absolute Gasteiger partial charge is 0.123 e. The van der Waals surface area contributed by atoms with Crippen LogP contribution in [0.25, 0.3) is 10.6 Å². The quantitative estimate of drug-likeness (QED) is 0.884. The summed E-state index contributed by atoms with van der Waals surface area (Å²) in [5.41, 5.74) is 6.66. The summed E-state index contributed by atoms with van der Waals surface area (Å²) in [6, 6.07) is 7.96. The average Bonchev–Trinajstić information content (AvgIpc) is 2.79. The topological polar surface area (TPSA) is 48.1 Å². The molecule has 0 aliphatic rings. The minimum absolute atomic E-state index is 0.550. The Hall–Kier alpha value is -1.39. The second-order valence-electron chi connectivity index (χ2n) is 3.29. The molecule has 1 heterocycles. The van der Waals surface area contributed by atoms with Crippen molar-refractivity contribution in [2.75, 3.05) is 6.61 Å². The van der Waals surface area contributed by atoms with Gasteiger partial charge in [0.15, 0.2) is 0 Å². The third-order valence-corrected chi connectivity index (χ3v) is 3.24. The van der Waals surface area contributed by atoms with Gasteiger partial charge in [-0.05, 0) is 31.2 Å². The van der Waals surface area contributed by atoms with Crippen molar-refractivity contribution in [1.29, 1.82) is 0 Å². The highest BCUT2D eigenvalue weighted by atomic mass is 32.1. The summed E-state index contributed by atoms with van der Waals surface area (Å²) >= 11 is 1.63. The van der Waals surface area contributed by atoms with Crippen molar-refractivity contribution < 1.29 is 4.74 Å². The molecule has 1 aromatic carbocycles. The number of rotatable bonds is 4. The molecule has 0 saturated heterocycles. The van der Waals surface area contributed by atoms with Crippen molar-refractivity contribution in [3.63, 3.8) is 0 Å². The summed E-state index contributed by atoms with van der Waals surface area (Å²) in [6.45, 7) is 3.21. The van der Waals surface area contributed by atoms with Gasteiger partial charge in [-0.15, -0.1) is 11.3 Å². The van der Waals surface area contributed by atoms with Gasteiger partial charge >= 0.3 is 0 Å². The van der Waals surface area contributed by atoms with Crippen LogP contribution in [0.2, 0.25) is 0 Å². The normalized spacial score (nSPS) is 10.4. The lowest BCUT2D eigenvalue weighted by Gasteiger charge is -2.02. The zero-order chi connectivity index (χ0) is 11.4. The molecule has 0 radical (unpaired) electrons. The van der Waals surface area contributed by atoms with Gasteiger partial charge in [0, 0.05) is 23.2 Å². The fourth-order valence-corrected chi connectivity index (χ4v) is 2.19. The third-order valence-electron chi connectivity index (χ3n) is 2.17. The molecule has 2 aromatic rings. The van der Waals surface area contributed by atoms with Crippen LogP contribution in [0, 0.1) is 0 Å². The van der Waals surface area contributed by atoms with Gasteiger partial charge in [-0.3, -0.25) is 0 Å². The average molecular weight is 234 g/mol. The molecule has 3 nitrogen and oxygen atoms in total. The maximum absolute atomic E-state index is 5.56. The third kappa shape index (κ3) is 2.40. The van der Waals surface area contributed by atoms with E-state index in [-0.39, 0.29) is 0 Å². The predicted molar refractivity (Wildman–Crippen MR) is 66.6 cm³/mol. The minimum Gasteiger partial charge on any atom is -0.494 e. The Balaban J connectivity index is 2.20. The first kappa shape index (κ1) is 11.1. The summed E-state index contributed by atoms with van der Waals surface area (Å²) in [7, 11) is 0. The molecule has 0 bridgehead atoms. The van der Waals surface area contributed by atoms with Crippen LogP contribution in [0.3, 0.4) is 0 Å². The van der Waals surface area contributed by atoms with Crippen molar-refractivity contribution in [3.05, 3.63) is 35.3 Å². The first-order chi connectivity index (χ1) is 7.83. The van der Waals surface area contributed by atoms with Crippen molar-refractivity contribution in [2.24, 2.45) is 5.73 Å². The zero-order valence-electron chi connectivity index (χ0n) is 9.14. The second-order valence-corrected chi connectivity index (χ2v) is 4.41. The molecule has 1 aromatic heterocycles. The van der Waals surface area contributed by atoms with Gasteiger partial charge < -0.3 is 10.5 Å². The van der Waals surface area contributed by atoms with Crippen LogP contribution in [0.5, 0.6) is 5.75 Å². The van der Waals surface area contributed by atoms with Gasteiger partial charge in [0.05, 0.1) is 6.61 Å². The van der Waals surface area contributed by atoms with Crippen molar-refractivity contribution >= 4 is 11.3 Å². The van der Waals surface area contributed by atoms with E-state index in [2.05, 4.69) is 4.98 Å². The Labute approximate surface area is 98.9 Å². The highest BCUT2D eigenvalue weighted by Gasteiger charge is 2.03. The van der Waals surface area contributed by atoms with Crippen LogP contribution < -0.4 is 10.5 Å². The van der Waals surface area contributed by atoms with Crippen LogP contribution in [0.15, 0.2) is 30.5 Å². The molecule has 84 valence electrons. The number of nitrogens with two attached hydrogens (primary N) is 1. The van der Waals surface area contributed by atoms with Gasteiger partial charge in [0.25, 0.3) is 0 Å². The SMILES string of the molecule is CCOc1ccc(-c2ncc(CN)s2)cc1. The van der Waals surface area contributed by atoms with E-state index in [9.17, 15) is 0 Å².